The maximum absolute atomic E-state index is 12.3. The number of amides is 1. The van der Waals surface area contributed by atoms with E-state index in [1.54, 1.807) is 0 Å². The lowest BCUT2D eigenvalue weighted by Gasteiger charge is -2.32. The third kappa shape index (κ3) is 3.83. The predicted octanol–water partition coefficient (Wildman–Crippen LogP) is 2.45. The Morgan fingerprint density at radius 1 is 1.25 bits per heavy atom. The highest BCUT2D eigenvalue weighted by atomic mass is 16.2. The van der Waals surface area contributed by atoms with E-state index in [-0.39, 0.29) is 5.91 Å². The summed E-state index contributed by atoms with van der Waals surface area (Å²) in [6, 6.07) is 6.91. The summed E-state index contributed by atoms with van der Waals surface area (Å²) in [4.78, 5) is 14.4. The lowest BCUT2D eigenvalue weighted by molar-refractivity contribution is -0.131. The Morgan fingerprint density at radius 3 is 2.55 bits per heavy atom. The van der Waals surface area contributed by atoms with Gasteiger partial charge in [0.2, 0.25) is 5.91 Å². The first kappa shape index (κ1) is 15.0. The van der Waals surface area contributed by atoms with Crippen molar-refractivity contribution in [1.82, 2.24) is 10.2 Å². The first-order valence-electron chi connectivity index (χ1n) is 7.67. The van der Waals surface area contributed by atoms with E-state index in [1.807, 2.05) is 4.90 Å². The van der Waals surface area contributed by atoms with Crippen LogP contribution in [0.15, 0.2) is 18.2 Å². The molecule has 20 heavy (non-hydrogen) atoms. The molecule has 1 aliphatic heterocycles. The van der Waals surface area contributed by atoms with Crippen LogP contribution < -0.4 is 5.32 Å². The number of aryl methyl sites for hydroxylation is 2. The number of hydrogen-bond acceptors (Lipinski definition) is 2. The minimum absolute atomic E-state index is 0.267. The summed E-state index contributed by atoms with van der Waals surface area (Å²) >= 11 is 0. The van der Waals surface area contributed by atoms with Gasteiger partial charge in [0.15, 0.2) is 0 Å². The van der Waals surface area contributed by atoms with Crippen LogP contribution in [0.4, 0.5) is 0 Å². The van der Waals surface area contributed by atoms with E-state index >= 15 is 0 Å². The fourth-order valence-electron chi connectivity index (χ4n) is 2.82. The molecule has 0 bridgehead atoms. The molecule has 0 aromatic heterocycles. The van der Waals surface area contributed by atoms with Crippen LogP contribution in [0.1, 0.15) is 36.5 Å². The number of nitrogens with zero attached hydrogens (tertiary/aromatic N) is 1. The van der Waals surface area contributed by atoms with Gasteiger partial charge in [-0.3, -0.25) is 4.79 Å². The Hall–Kier alpha value is -1.35. The first-order valence-corrected chi connectivity index (χ1v) is 7.67. The highest BCUT2D eigenvalue weighted by Gasteiger charge is 2.22. The van der Waals surface area contributed by atoms with Crippen molar-refractivity contribution in [1.29, 1.82) is 0 Å². The molecule has 0 atom stereocenters. The third-order valence-corrected chi connectivity index (χ3v) is 4.27. The van der Waals surface area contributed by atoms with Crippen molar-refractivity contribution >= 4 is 5.91 Å². The molecular weight excluding hydrogens is 248 g/mol. The normalized spacial score (nSPS) is 16.4. The number of carbonyl (C=O) groups is 1. The Balaban J connectivity index is 1.88. The number of hydrogen-bond donors (Lipinski definition) is 1. The molecule has 1 fully saturated rings. The van der Waals surface area contributed by atoms with Crippen molar-refractivity contribution in [3.8, 4) is 0 Å². The maximum atomic E-state index is 12.3. The summed E-state index contributed by atoms with van der Waals surface area (Å²) in [6.07, 6.45) is 2.69. The van der Waals surface area contributed by atoms with Crippen LogP contribution >= 0.6 is 0 Å². The Kier molecular flexibility index (Phi) is 5.18. The number of nitrogens with one attached hydrogen (secondary N) is 1. The molecule has 0 saturated carbocycles. The van der Waals surface area contributed by atoms with Crippen molar-refractivity contribution in [2.24, 2.45) is 0 Å². The third-order valence-electron chi connectivity index (χ3n) is 4.27. The number of carbonyl (C=O) groups excluding carboxylic acids is 1. The molecule has 3 nitrogen and oxygen atoms in total. The number of rotatable bonds is 4. The number of benzene rings is 1. The largest absolute Gasteiger partial charge is 0.342 e. The summed E-state index contributed by atoms with van der Waals surface area (Å²) in [5.41, 5.74) is 3.68. The number of piperidine rings is 1. The molecule has 110 valence electrons. The second-order valence-corrected chi connectivity index (χ2v) is 5.81. The van der Waals surface area contributed by atoms with Gasteiger partial charge in [0.1, 0.15) is 0 Å². The predicted molar refractivity (Wildman–Crippen MR) is 82.9 cm³/mol. The molecule has 0 spiro atoms. The average molecular weight is 274 g/mol. The molecule has 1 N–H and O–H groups in total. The van der Waals surface area contributed by atoms with Crippen LogP contribution in [0, 0.1) is 13.8 Å². The maximum Gasteiger partial charge on any atom is 0.226 e. The van der Waals surface area contributed by atoms with Gasteiger partial charge in [0.25, 0.3) is 0 Å². The van der Waals surface area contributed by atoms with Crippen molar-refractivity contribution in [2.45, 2.75) is 46.1 Å². The lowest BCUT2D eigenvalue weighted by Crippen LogP contribution is -2.45. The highest BCUT2D eigenvalue weighted by Crippen LogP contribution is 2.14. The van der Waals surface area contributed by atoms with E-state index in [0.29, 0.717) is 12.5 Å². The standard InChI is InChI=1S/C17H26N2O/c1-4-18-16-7-9-19(10-8-16)17(20)12-15-6-5-13(2)14(3)11-15/h5-6,11,16,18H,4,7-10,12H2,1-3H3. The molecular formula is C17H26N2O. The van der Waals surface area contributed by atoms with Crippen LogP contribution in [0.3, 0.4) is 0 Å². The minimum Gasteiger partial charge on any atom is -0.342 e. The van der Waals surface area contributed by atoms with Crippen molar-refractivity contribution in [3.05, 3.63) is 34.9 Å². The van der Waals surface area contributed by atoms with Crippen LogP contribution in [0.2, 0.25) is 0 Å². The minimum atomic E-state index is 0.267. The molecule has 0 unspecified atom stereocenters. The molecule has 2 rings (SSSR count). The van der Waals surface area contributed by atoms with Crippen LogP contribution in [0.25, 0.3) is 0 Å². The molecule has 1 amide bonds. The molecule has 1 aromatic rings. The monoisotopic (exact) mass is 274 g/mol. The zero-order valence-corrected chi connectivity index (χ0v) is 12.9. The van der Waals surface area contributed by atoms with E-state index in [9.17, 15) is 4.79 Å². The lowest BCUT2D eigenvalue weighted by atomic mass is 10.0. The molecule has 0 radical (unpaired) electrons. The summed E-state index contributed by atoms with van der Waals surface area (Å²) in [5, 5.41) is 3.47. The van der Waals surface area contributed by atoms with Gasteiger partial charge in [-0.1, -0.05) is 25.1 Å². The van der Waals surface area contributed by atoms with Gasteiger partial charge < -0.3 is 10.2 Å². The Bertz CT molecular complexity index is 462. The average Bonchev–Trinajstić information content (AvgIpc) is 2.44. The molecule has 3 heteroatoms. The smallest absolute Gasteiger partial charge is 0.226 e. The fourth-order valence-corrected chi connectivity index (χ4v) is 2.82. The summed E-state index contributed by atoms with van der Waals surface area (Å²) in [6.45, 7) is 9.14. The van der Waals surface area contributed by atoms with E-state index in [0.717, 1.165) is 38.0 Å². The van der Waals surface area contributed by atoms with E-state index < -0.39 is 0 Å². The second-order valence-electron chi connectivity index (χ2n) is 5.81. The summed E-state index contributed by atoms with van der Waals surface area (Å²) in [5.74, 6) is 0.267. The van der Waals surface area contributed by atoms with Gasteiger partial charge >= 0.3 is 0 Å². The Morgan fingerprint density at radius 2 is 1.95 bits per heavy atom. The molecule has 1 aliphatic rings. The zero-order valence-electron chi connectivity index (χ0n) is 12.9. The summed E-state index contributed by atoms with van der Waals surface area (Å²) in [7, 11) is 0. The molecule has 1 heterocycles. The van der Waals surface area contributed by atoms with Crippen LogP contribution in [-0.4, -0.2) is 36.5 Å². The van der Waals surface area contributed by atoms with Crippen molar-refractivity contribution in [2.75, 3.05) is 19.6 Å². The molecule has 0 aliphatic carbocycles. The second kappa shape index (κ2) is 6.89. The van der Waals surface area contributed by atoms with Gasteiger partial charge in [0, 0.05) is 19.1 Å². The van der Waals surface area contributed by atoms with Crippen LogP contribution in [-0.2, 0) is 11.2 Å². The molecule has 1 aromatic carbocycles. The quantitative estimate of drug-likeness (QED) is 0.914. The van der Waals surface area contributed by atoms with Crippen LogP contribution in [0.5, 0.6) is 0 Å². The highest BCUT2D eigenvalue weighted by molar-refractivity contribution is 5.79. The first-order chi connectivity index (χ1) is 9.60. The van der Waals surface area contributed by atoms with E-state index in [2.05, 4.69) is 44.3 Å². The molecule has 1 saturated heterocycles. The zero-order chi connectivity index (χ0) is 14.5. The van der Waals surface area contributed by atoms with Gasteiger partial charge in [-0.2, -0.15) is 0 Å². The fraction of sp³-hybridized carbons (Fsp3) is 0.588. The van der Waals surface area contributed by atoms with E-state index in [1.165, 1.54) is 11.1 Å². The number of likely N-dealkylation sites (tertiary alicyclic amines) is 1. The van der Waals surface area contributed by atoms with Gasteiger partial charge in [0.05, 0.1) is 6.42 Å². The van der Waals surface area contributed by atoms with E-state index in [4.69, 9.17) is 0 Å². The topological polar surface area (TPSA) is 32.3 Å². The van der Waals surface area contributed by atoms with Gasteiger partial charge in [-0.15, -0.1) is 0 Å². The Labute approximate surface area is 122 Å². The van der Waals surface area contributed by atoms with Crippen molar-refractivity contribution < 1.29 is 4.79 Å². The SMILES string of the molecule is CCNC1CCN(C(=O)Cc2ccc(C)c(C)c2)CC1. The van der Waals surface area contributed by atoms with Crippen molar-refractivity contribution in [3.63, 3.8) is 0 Å². The van der Waals surface area contributed by atoms with Gasteiger partial charge in [-0.25, -0.2) is 0 Å². The van der Waals surface area contributed by atoms with Gasteiger partial charge in [-0.05, 0) is 49.9 Å². The summed E-state index contributed by atoms with van der Waals surface area (Å²) < 4.78 is 0.